The van der Waals surface area contributed by atoms with Crippen LogP contribution in [-0.2, 0) is 27.3 Å². The molecule has 7 nitrogen and oxygen atoms in total. The molecule has 0 saturated carbocycles. The number of nitrogens with zero attached hydrogens (tertiary/aromatic N) is 4. The fourth-order valence-corrected chi connectivity index (χ4v) is 3.39. The first kappa shape index (κ1) is 20.8. The summed E-state index contributed by atoms with van der Waals surface area (Å²) in [6, 6.07) is 9.94. The smallest absolute Gasteiger partial charge is 0.306 e. The van der Waals surface area contributed by atoms with Crippen molar-refractivity contribution in [2.24, 2.45) is 0 Å². The van der Waals surface area contributed by atoms with Crippen molar-refractivity contribution in [2.45, 2.75) is 39.7 Å². The standard InChI is InChI=1S/C22H28N4O3/c1-4-25(3)22-17-15-26(19(27)11-12-20(28)29-5-2)14-13-18(17)23-21(24-22)16-9-7-6-8-10-16/h6-10H,4-5,11-15H2,1-3H3. The molecule has 1 aliphatic heterocycles. The van der Waals surface area contributed by atoms with Gasteiger partial charge in [-0.05, 0) is 13.8 Å². The molecule has 2 aromatic rings. The molecule has 29 heavy (non-hydrogen) atoms. The van der Waals surface area contributed by atoms with Crippen LogP contribution in [0.1, 0.15) is 37.9 Å². The molecule has 0 atom stereocenters. The molecule has 2 heterocycles. The first-order chi connectivity index (χ1) is 14.0. The Hall–Kier alpha value is -2.96. The summed E-state index contributed by atoms with van der Waals surface area (Å²) in [6.45, 7) is 6.02. The third-order valence-corrected chi connectivity index (χ3v) is 5.11. The van der Waals surface area contributed by atoms with Crippen molar-refractivity contribution >= 4 is 17.7 Å². The number of hydrogen-bond donors (Lipinski definition) is 0. The maximum atomic E-state index is 12.6. The molecular formula is C22H28N4O3. The van der Waals surface area contributed by atoms with E-state index in [1.165, 1.54) is 0 Å². The SMILES string of the molecule is CCOC(=O)CCC(=O)N1CCc2nc(-c3ccccc3)nc(N(C)CC)c2C1. The summed E-state index contributed by atoms with van der Waals surface area (Å²) >= 11 is 0. The highest BCUT2D eigenvalue weighted by atomic mass is 16.5. The van der Waals surface area contributed by atoms with Gasteiger partial charge < -0.3 is 14.5 Å². The lowest BCUT2D eigenvalue weighted by Crippen LogP contribution is -2.38. The number of esters is 1. The fraction of sp³-hybridized carbons (Fsp3) is 0.455. The van der Waals surface area contributed by atoms with Crippen molar-refractivity contribution in [1.82, 2.24) is 14.9 Å². The Labute approximate surface area is 171 Å². The average molecular weight is 396 g/mol. The molecule has 1 aromatic heterocycles. The van der Waals surface area contributed by atoms with Gasteiger partial charge in [0, 0.05) is 44.1 Å². The zero-order valence-electron chi connectivity index (χ0n) is 17.4. The Morgan fingerprint density at radius 3 is 2.59 bits per heavy atom. The van der Waals surface area contributed by atoms with Gasteiger partial charge in [-0.25, -0.2) is 9.97 Å². The molecule has 0 aliphatic carbocycles. The minimum atomic E-state index is -0.333. The summed E-state index contributed by atoms with van der Waals surface area (Å²) in [5.41, 5.74) is 2.96. The molecule has 0 unspecified atom stereocenters. The molecule has 1 aromatic carbocycles. The maximum absolute atomic E-state index is 12.6. The van der Waals surface area contributed by atoms with Crippen molar-refractivity contribution < 1.29 is 14.3 Å². The molecule has 154 valence electrons. The summed E-state index contributed by atoms with van der Waals surface area (Å²) < 4.78 is 4.92. The number of rotatable bonds is 7. The fourth-order valence-electron chi connectivity index (χ4n) is 3.39. The van der Waals surface area contributed by atoms with Crippen LogP contribution in [0.3, 0.4) is 0 Å². The van der Waals surface area contributed by atoms with Gasteiger partial charge in [0.2, 0.25) is 5.91 Å². The van der Waals surface area contributed by atoms with Crippen LogP contribution in [0.15, 0.2) is 30.3 Å². The molecule has 1 amide bonds. The van der Waals surface area contributed by atoms with Crippen LogP contribution >= 0.6 is 0 Å². The van der Waals surface area contributed by atoms with Crippen molar-refractivity contribution in [2.75, 3.05) is 31.6 Å². The van der Waals surface area contributed by atoms with Crippen LogP contribution in [0, 0.1) is 0 Å². The number of aromatic nitrogens is 2. The van der Waals surface area contributed by atoms with Gasteiger partial charge in [0.15, 0.2) is 5.82 Å². The van der Waals surface area contributed by atoms with Gasteiger partial charge in [-0.3, -0.25) is 9.59 Å². The molecule has 0 bridgehead atoms. The van der Waals surface area contributed by atoms with E-state index in [9.17, 15) is 9.59 Å². The second-order valence-corrected chi connectivity index (χ2v) is 7.05. The Morgan fingerprint density at radius 2 is 1.90 bits per heavy atom. The molecule has 1 aliphatic rings. The van der Waals surface area contributed by atoms with Crippen LogP contribution in [0.5, 0.6) is 0 Å². The summed E-state index contributed by atoms with van der Waals surface area (Å²) in [5, 5.41) is 0. The number of fused-ring (bicyclic) bond motifs is 1. The highest BCUT2D eigenvalue weighted by Crippen LogP contribution is 2.29. The van der Waals surface area contributed by atoms with E-state index in [-0.39, 0.29) is 24.7 Å². The number of amides is 1. The van der Waals surface area contributed by atoms with Gasteiger partial charge in [-0.15, -0.1) is 0 Å². The lowest BCUT2D eigenvalue weighted by atomic mass is 10.0. The number of carbonyl (C=O) groups is 2. The molecule has 3 rings (SSSR count). The van der Waals surface area contributed by atoms with E-state index in [1.54, 1.807) is 11.8 Å². The van der Waals surface area contributed by atoms with E-state index in [0.29, 0.717) is 31.9 Å². The molecule has 0 radical (unpaired) electrons. The second kappa shape index (κ2) is 9.49. The van der Waals surface area contributed by atoms with Crippen molar-refractivity contribution in [1.29, 1.82) is 0 Å². The predicted octanol–water partition coefficient (Wildman–Crippen LogP) is 2.83. The van der Waals surface area contributed by atoms with Crippen molar-refractivity contribution in [3.8, 4) is 11.4 Å². The molecule has 0 saturated heterocycles. The minimum Gasteiger partial charge on any atom is -0.466 e. The van der Waals surface area contributed by atoms with Crippen LogP contribution in [0.25, 0.3) is 11.4 Å². The molecule has 7 heteroatoms. The number of carbonyl (C=O) groups excluding carboxylic acids is 2. The first-order valence-corrected chi connectivity index (χ1v) is 10.1. The van der Waals surface area contributed by atoms with Gasteiger partial charge in [-0.1, -0.05) is 30.3 Å². The van der Waals surface area contributed by atoms with E-state index >= 15 is 0 Å². The maximum Gasteiger partial charge on any atom is 0.306 e. The summed E-state index contributed by atoms with van der Waals surface area (Å²) in [4.78, 5) is 37.7. The van der Waals surface area contributed by atoms with E-state index in [2.05, 4.69) is 11.8 Å². The van der Waals surface area contributed by atoms with Crippen LogP contribution in [0.2, 0.25) is 0 Å². The Bertz CT molecular complexity index is 870. The monoisotopic (exact) mass is 396 g/mol. The highest BCUT2D eigenvalue weighted by molar-refractivity contribution is 5.81. The van der Waals surface area contributed by atoms with Crippen molar-refractivity contribution in [3.63, 3.8) is 0 Å². The van der Waals surface area contributed by atoms with Gasteiger partial charge in [0.25, 0.3) is 0 Å². The summed E-state index contributed by atoms with van der Waals surface area (Å²) in [7, 11) is 2.00. The largest absolute Gasteiger partial charge is 0.466 e. The third kappa shape index (κ3) is 4.91. The van der Waals surface area contributed by atoms with Crippen molar-refractivity contribution in [3.05, 3.63) is 41.6 Å². The highest BCUT2D eigenvalue weighted by Gasteiger charge is 2.27. The molecule has 0 N–H and O–H groups in total. The third-order valence-electron chi connectivity index (χ3n) is 5.11. The van der Waals surface area contributed by atoms with E-state index in [0.717, 1.165) is 29.2 Å². The van der Waals surface area contributed by atoms with Gasteiger partial charge in [0.05, 0.1) is 25.3 Å². The minimum absolute atomic E-state index is 0.0408. The lowest BCUT2D eigenvalue weighted by molar-refractivity contribution is -0.145. The van der Waals surface area contributed by atoms with Crippen LogP contribution in [-0.4, -0.2) is 53.5 Å². The Balaban J connectivity index is 1.83. The Morgan fingerprint density at radius 1 is 1.14 bits per heavy atom. The predicted molar refractivity (Wildman–Crippen MR) is 111 cm³/mol. The van der Waals surface area contributed by atoms with Gasteiger partial charge >= 0.3 is 5.97 Å². The second-order valence-electron chi connectivity index (χ2n) is 7.05. The topological polar surface area (TPSA) is 75.6 Å². The normalized spacial score (nSPS) is 13.0. The first-order valence-electron chi connectivity index (χ1n) is 10.1. The van der Waals surface area contributed by atoms with E-state index < -0.39 is 0 Å². The zero-order valence-corrected chi connectivity index (χ0v) is 17.4. The van der Waals surface area contributed by atoms with Gasteiger partial charge in [-0.2, -0.15) is 0 Å². The quantitative estimate of drug-likeness (QED) is 0.670. The summed E-state index contributed by atoms with van der Waals surface area (Å²) in [6.07, 6.45) is 0.949. The number of ether oxygens (including phenoxy) is 1. The van der Waals surface area contributed by atoms with E-state index in [4.69, 9.17) is 14.7 Å². The Kier molecular flexibility index (Phi) is 6.80. The van der Waals surface area contributed by atoms with Crippen LogP contribution in [0.4, 0.5) is 5.82 Å². The molecule has 0 fully saturated rings. The zero-order chi connectivity index (χ0) is 20.8. The number of anilines is 1. The van der Waals surface area contributed by atoms with Crippen LogP contribution < -0.4 is 4.90 Å². The average Bonchev–Trinajstić information content (AvgIpc) is 2.76. The number of benzene rings is 1. The lowest BCUT2D eigenvalue weighted by Gasteiger charge is -2.31. The van der Waals surface area contributed by atoms with E-state index in [1.807, 2.05) is 37.4 Å². The van der Waals surface area contributed by atoms with Gasteiger partial charge in [0.1, 0.15) is 5.82 Å². The molecule has 0 spiro atoms. The molecular weight excluding hydrogens is 368 g/mol. The summed E-state index contributed by atoms with van der Waals surface area (Å²) in [5.74, 6) is 1.20. The number of hydrogen-bond acceptors (Lipinski definition) is 6.